The fourth-order valence-electron chi connectivity index (χ4n) is 3.03. The van der Waals surface area contributed by atoms with Crippen LogP contribution in [0.4, 0.5) is 0 Å². The summed E-state index contributed by atoms with van der Waals surface area (Å²) in [4.78, 5) is 0. The van der Waals surface area contributed by atoms with E-state index in [2.05, 4.69) is 6.92 Å². The van der Waals surface area contributed by atoms with Crippen molar-refractivity contribution in [2.24, 2.45) is 17.8 Å². The monoisotopic (exact) mass is 154 g/mol. The number of fused-ring (bicyclic) bond motifs is 1. The summed E-state index contributed by atoms with van der Waals surface area (Å²) in [5, 5.41) is 9.63. The highest BCUT2D eigenvalue weighted by atomic mass is 16.3. The second kappa shape index (κ2) is 2.78. The molecule has 2 aliphatic rings. The van der Waals surface area contributed by atoms with Crippen LogP contribution in [0.15, 0.2) is 0 Å². The van der Waals surface area contributed by atoms with E-state index in [1.165, 1.54) is 25.7 Å². The molecule has 2 fully saturated rings. The molecule has 2 saturated carbocycles. The molecule has 0 radical (unpaired) electrons. The van der Waals surface area contributed by atoms with E-state index >= 15 is 0 Å². The Morgan fingerprint density at radius 2 is 1.91 bits per heavy atom. The van der Waals surface area contributed by atoms with Crippen molar-refractivity contribution in [3.63, 3.8) is 0 Å². The van der Waals surface area contributed by atoms with Crippen molar-refractivity contribution in [1.29, 1.82) is 0 Å². The van der Waals surface area contributed by atoms with Crippen LogP contribution in [0.25, 0.3) is 0 Å². The number of aliphatic hydroxyl groups is 1. The second-order valence-corrected chi connectivity index (χ2v) is 4.37. The largest absolute Gasteiger partial charge is 0.393 e. The zero-order chi connectivity index (χ0) is 7.84. The Morgan fingerprint density at radius 3 is 2.64 bits per heavy atom. The van der Waals surface area contributed by atoms with Gasteiger partial charge in [-0.1, -0.05) is 26.2 Å². The molecule has 0 aromatic rings. The number of hydrogen-bond acceptors (Lipinski definition) is 1. The summed E-state index contributed by atoms with van der Waals surface area (Å²) in [6, 6.07) is 0. The van der Waals surface area contributed by atoms with Crippen LogP contribution in [0.2, 0.25) is 0 Å². The van der Waals surface area contributed by atoms with Crippen molar-refractivity contribution in [1.82, 2.24) is 0 Å². The van der Waals surface area contributed by atoms with Crippen LogP contribution in [0.5, 0.6) is 0 Å². The van der Waals surface area contributed by atoms with Gasteiger partial charge in [0.15, 0.2) is 0 Å². The molecule has 4 atom stereocenters. The molecule has 1 nitrogen and oxygen atoms in total. The zero-order valence-corrected chi connectivity index (χ0v) is 7.29. The molecule has 0 bridgehead atoms. The number of hydrogen-bond donors (Lipinski definition) is 1. The van der Waals surface area contributed by atoms with Gasteiger partial charge in [0.1, 0.15) is 0 Å². The first-order valence-electron chi connectivity index (χ1n) is 4.97. The first-order valence-corrected chi connectivity index (χ1v) is 4.97. The molecule has 2 rings (SSSR count). The van der Waals surface area contributed by atoms with Crippen LogP contribution in [-0.4, -0.2) is 11.2 Å². The van der Waals surface area contributed by atoms with E-state index < -0.39 is 0 Å². The van der Waals surface area contributed by atoms with Crippen molar-refractivity contribution in [3.05, 3.63) is 0 Å². The maximum absolute atomic E-state index is 9.63. The van der Waals surface area contributed by atoms with Crippen LogP contribution in [0.3, 0.4) is 0 Å². The lowest BCUT2D eigenvalue weighted by Crippen LogP contribution is -2.19. The smallest absolute Gasteiger partial charge is 0.0571 e. The van der Waals surface area contributed by atoms with Crippen LogP contribution >= 0.6 is 0 Å². The highest BCUT2D eigenvalue weighted by Gasteiger charge is 2.40. The summed E-state index contributed by atoms with van der Waals surface area (Å²) in [7, 11) is 0. The van der Waals surface area contributed by atoms with Crippen LogP contribution in [0.1, 0.15) is 39.0 Å². The van der Waals surface area contributed by atoms with Gasteiger partial charge in [0.25, 0.3) is 0 Å². The normalized spacial score (nSPS) is 50.7. The third-order valence-corrected chi connectivity index (χ3v) is 3.79. The molecule has 1 N–H and O–H groups in total. The average molecular weight is 154 g/mol. The summed E-state index contributed by atoms with van der Waals surface area (Å²) >= 11 is 0. The molecule has 2 aliphatic carbocycles. The summed E-state index contributed by atoms with van der Waals surface area (Å²) in [6.45, 7) is 2.22. The highest BCUT2D eigenvalue weighted by molar-refractivity contribution is 4.90. The van der Waals surface area contributed by atoms with Gasteiger partial charge >= 0.3 is 0 Å². The maximum Gasteiger partial charge on any atom is 0.0571 e. The molecule has 0 aromatic heterocycles. The van der Waals surface area contributed by atoms with Gasteiger partial charge in [-0.2, -0.15) is 0 Å². The third-order valence-electron chi connectivity index (χ3n) is 3.79. The molecule has 0 heterocycles. The molecule has 11 heavy (non-hydrogen) atoms. The molecular formula is C10H18O. The van der Waals surface area contributed by atoms with Gasteiger partial charge in [0, 0.05) is 0 Å². The van der Waals surface area contributed by atoms with E-state index in [1.54, 1.807) is 0 Å². The predicted octanol–water partition coefficient (Wildman–Crippen LogP) is 2.19. The Bertz CT molecular complexity index is 144. The minimum Gasteiger partial charge on any atom is -0.393 e. The first kappa shape index (κ1) is 7.60. The molecule has 0 spiro atoms. The van der Waals surface area contributed by atoms with Crippen LogP contribution in [-0.2, 0) is 0 Å². The van der Waals surface area contributed by atoms with Crippen molar-refractivity contribution < 1.29 is 5.11 Å². The molecule has 64 valence electrons. The number of rotatable bonds is 0. The zero-order valence-electron chi connectivity index (χ0n) is 7.29. The lowest BCUT2D eigenvalue weighted by atomic mass is 9.79. The van der Waals surface area contributed by atoms with E-state index in [-0.39, 0.29) is 6.10 Å². The van der Waals surface area contributed by atoms with E-state index in [1.807, 2.05) is 0 Å². The molecule has 0 aliphatic heterocycles. The van der Waals surface area contributed by atoms with Gasteiger partial charge in [-0.15, -0.1) is 0 Å². The quantitative estimate of drug-likeness (QED) is 0.567. The van der Waals surface area contributed by atoms with Crippen molar-refractivity contribution in [2.45, 2.75) is 45.1 Å². The third kappa shape index (κ3) is 1.20. The van der Waals surface area contributed by atoms with E-state index in [0.717, 1.165) is 18.3 Å². The minimum absolute atomic E-state index is 0.0168. The topological polar surface area (TPSA) is 20.2 Å². The van der Waals surface area contributed by atoms with Gasteiger partial charge < -0.3 is 5.11 Å². The van der Waals surface area contributed by atoms with E-state index in [4.69, 9.17) is 0 Å². The Kier molecular flexibility index (Phi) is 1.92. The van der Waals surface area contributed by atoms with Gasteiger partial charge in [-0.25, -0.2) is 0 Å². The summed E-state index contributed by atoms with van der Waals surface area (Å²) in [5.74, 6) is 2.31. The van der Waals surface area contributed by atoms with E-state index in [9.17, 15) is 5.11 Å². The Hall–Kier alpha value is -0.0400. The van der Waals surface area contributed by atoms with Crippen molar-refractivity contribution in [3.8, 4) is 0 Å². The Labute approximate surface area is 68.8 Å². The summed E-state index contributed by atoms with van der Waals surface area (Å²) in [6.07, 6.45) is 6.67. The molecule has 0 amide bonds. The lowest BCUT2D eigenvalue weighted by Gasteiger charge is -2.27. The number of aliphatic hydroxyl groups excluding tert-OH is 1. The Balaban J connectivity index is 2.05. The highest BCUT2D eigenvalue weighted by Crippen LogP contribution is 2.45. The predicted molar refractivity (Wildman–Crippen MR) is 45.2 cm³/mol. The van der Waals surface area contributed by atoms with Gasteiger partial charge in [-0.3, -0.25) is 0 Å². The molecule has 4 unspecified atom stereocenters. The minimum atomic E-state index is 0.0168. The SMILES string of the molecule is CC1C(O)CC2CCCCC21. The summed E-state index contributed by atoms with van der Waals surface area (Å²) < 4.78 is 0. The van der Waals surface area contributed by atoms with Crippen LogP contribution < -0.4 is 0 Å². The fraction of sp³-hybridized carbons (Fsp3) is 1.00. The van der Waals surface area contributed by atoms with Gasteiger partial charge in [0.05, 0.1) is 6.10 Å². The molecule has 0 aromatic carbocycles. The first-order chi connectivity index (χ1) is 5.29. The molecule has 1 heteroatoms. The van der Waals surface area contributed by atoms with Crippen molar-refractivity contribution in [2.75, 3.05) is 0 Å². The van der Waals surface area contributed by atoms with E-state index in [0.29, 0.717) is 5.92 Å². The van der Waals surface area contributed by atoms with Gasteiger partial charge in [-0.05, 0) is 30.6 Å². The van der Waals surface area contributed by atoms with Gasteiger partial charge in [0.2, 0.25) is 0 Å². The standard InChI is InChI=1S/C10H18O/c1-7-9-5-3-2-4-8(9)6-10(7)11/h7-11H,2-6H2,1H3. The van der Waals surface area contributed by atoms with Crippen LogP contribution in [0, 0.1) is 17.8 Å². The lowest BCUT2D eigenvalue weighted by molar-refractivity contribution is 0.125. The Morgan fingerprint density at radius 1 is 1.18 bits per heavy atom. The van der Waals surface area contributed by atoms with Crippen molar-refractivity contribution >= 4 is 0 Å². The average Bonchev–Trinajstić information content (AvgIpc) is 2.30. The maximum atomic E-state index is 9.63. The second-order valence-electron chi connectivity index (χ2n) is 4.37. The molecular weight excluding hydrogens is 136 g/mol. The summed E-state index contributed by atoms with van der Waals surface area (Å²) in [5.41, 5.74) is 0. The fourth-order valence-corrected chi connectivity index (χ4v) is 3.03. The molecule has 0 saturated heterocycles.